The zero-order valence-corrected chi connectivity index (χ0v) is 18.5. The Bertz CT molecular complexity index is 832. The topological polar surface area (TPSA) is 33.2 Å². The molecule has 1 aromatic heterocycles. The number of unbranched alkanes of at least 4 members (excludes halogenated alkanes) is 2. The van der Waals surface area contributed by atoms with Gasteiger partial charge in [-0.05, 0) is 87.9 Å². The maximum atomic E-state index is 12.3. The molecule has 1 aromatic carbocycles. The second kappa shape index (κ2) is 10.3. The van der Waals surface area contributed by atoms with Gasteiger partial charge in [-0.1, -0.05) is 49.2 Å². The number of benzene rings is 1. The largest absolute Gasteiger partial charge is 0.298 e. The Morgan fingerprint density at radius 3 is 2.73 bits per heavy atom. The Hall–Kier alpha value is -2.00. The highest BCUT2D eigenvalue weighted by atomic mass is 16.1. The maximum Gasteiger partial charge on any atom is 0.151 e. The first-order valence-corrected chi connectivity index (χ1v) is 12.0. The lowest BCUT2D eigenvalue weighted by Gasteiger charge is -2.26. The molecule has 0 unspecified atom stereocenters. The van der Waals surface area contributed by atoms with E-state index in [4.69, 9.17) is 4.98 Å². The fraction of sp³-hybridized carbons (Fsp3) is 0.556. The van der Waals surface area contributed by atoms with E-state index in [0.29, 0.717) is 0 Å². The number of ketones is 1. The average molecular weight is 405 g/mol. The van der Waals surface area contributed by atoms with Gasteiger partial charge in [0.15, 0.2) is 5.78 Å². The summed E-state index contributed by atoms with van der Waals surface area (Å²) in [5, 5.41) is 0. The van der Waals surface area contributed by atoms with E-state index in [1.165, 1.54) is 74.7 Å². The molecule has 0 radical (unpaired) electrons. The van der Waals surface area contributed by atoms with Crippen molar-refractivity contribution in [2.45, 2.75) is 77.2 Å². The van der Waals surface area contributed by atoms with Crippen molar-refractivity contribution in [1.29, 1.82) is 0 Å². The summed E-state index contributed by atoms with van der Waals surface area (Å²) in [7, 11) is 0. The van der Waals surface area contributed by atoms with E-state index in [1.54, 1.807) is 6.92 Å². The Morgan fingerprint density at radius 1 is 1.07 bits per heavy atom. The van der Waals surface area contributed by atoms with Gasteiger partial charge in [0.2, 0.25) is 0 Å². The number of carbonyl (C=O) groups excluding carboxylic acids is 1. The quantitative estimate of drug-likeness (QED) is 0.502. The number of aromatic nitrogens is 1. The second-order valence-corrected chi connectivity index (χ2v) is 9.29. The number of hydrogen-bond donors (Lipinski definition) is 0. The van der Waals surface area contributed by atoms with E-state index >= 15 is 0 Å². The Morgan fingerprint density at radius 2 is 1.90 bits per heavy atom. The number of carbonyl (C=O) groups is 1. The van der Waals surface area contributed by atoms with Crippen LogP contribution in [0.15, 0.2) is 42.5 Å². The number of rotatable bonds is 9. The van der Waals surface area contributed by atoms with Crippen molar-refractivity contribution in [3.8, 4) is 0 Å². The van der Waals surface area contributed by atoms with Gasteiger partial charge >= 0.3 is 0 Å². The Balaban J connectivity index is 1.19. The third-order valence-corrected chi connectivity index (χ3v) is 6.96. The molecule has 0 bridgehead atoms. The normalized spacial score (nSPS) is 20.1. The van der Waals surface area contributed by atoms with Gasteiger partial charge in [-0.2, -0.15) is 0 Å². The molecule has 160 valence electrons. The highest BCUT2D eigenvalue weighted by Gasteiger charge is 2.31. The number of likely N-dealkylation sites (tertiary alicyclic amines) is 1. The summed E-state index contributed by atoms with van der Waals surface area (Å²) < 4.78 is 0. The molecule has 2 aliphatic rings. The summed E-state index contributed by atoms with van der Waals surface area (Å²) in [6, 6.07) is 14.8. The monoisotopic (exact) mass is 404 g/mol. The molecule has 0 N–H and O–H groups in total. The Kier molecular flexibility index (Phi) is 7.33. The first-order valence-electron chi connectivity index (χ1n) is 12.0. The number of pyridine rings is 1. The van der Waals surface area contributed by atoms with Crippen LogP contribution in [-0.2, 0) is 24.1 Å². The molecule has 30 heavy (non-hydrogen) atoms. The average Bonchev–Trinajstić information content (AvgIpc) is 3.22. The fourth-order valence-corrected chi connectivity index (χ4v) is 5.35. The van der Waals surface area contributed by atoms with Crippen molar-refractivity contribution in [1.82, 2.24) is 9.88 Å². The van der Waals surface area contributed by atoms with Crippen LogP contribution in [0.4, 0.5) is 0 Å². The first-order chi connectivity index (χ1) is 14.7. The molecular formula is C27H36N2O. The summed E-state index contributed by atoms with van der Waals surface area (Å²) in [6.07, 6.45) is 12.5. The third kappa shape index (κ3) is 5.37. The predicted octanol–water partition coefficient (Wildman–Crippen LogP) is 5.72. The minimum Gasteiger partial charge on any atom is -0.298 e. The standard InChI is InChI=1S/C27H36N2O/c1-21(30)27(24-12-5-3-6-13-24)29-19-18-22(20-29)10-4-2-7-14-25-17-16-23-11-8-9-15-26(23)28-25/h3,5-6,12-13,16-17,22,27H,2,4,7-11,14-15,18-20H2,1H3/t22-,27-/m1/s1. The lowest BCUT2D eigenvalue weighted by atomic mass is 9.95. The van der Waals surface area contributed by atoms with Gasteiger partial charge in [-0.15, -0.1) is 0 Å². The van der Waals surface area contributed by atoms with Gasteiger partial charge in [0.1, 0.15) is 0 Å². The van der Waals surface area contributed by atoms with Crippen LogP contribution in [0.25, 0.3) is 0 Å². The highest BCUT2D eigenvalue weighted by molar-refractivity contribution is 5.82. The summed E-state index contributed by atoms with van der Waals surface area (Å²) in [6.45, 7) is 3.84. The summed E-state index contributed by atoms with van der Waals surface area (Å²) >= 11 is 0. The van der Waals surface area contributed by atoms with Crippen LogP contribution in [0.5, 0.6) is 0 Å². The SMILES string of the molecule is CC(=O)[C@H](c1ccccc1)N1CC[C@@H](CCCCCc2ccc3c(n2)CCCC3)C1. The van der Waals surface area contributed by atoms with E-state index in [-0.39, 0.29) is 11.8 Å². The predicted molar refractivity (Wildman–Crippen MR) is 123 cm³/mol. The summed E-state index contributed by atoms with van der Waals surface area (Å²) in [4.78, 5) is 19.6. The molecule has 0 saturated carbocycles. The van der Waals surface area contributed by atoms with Crippen molar-refractivity contribution < 1.29 is 4.79 Å². The molecular weight excluding hydrogens is 368 g/mol. The summed E-state index contributed by atoms with van der Waals surface area (Å²) in [5.74, 6) is 0.997. The molecule has 0 spiro atoms. The molecule has 4 rings (SSSR count). The minimum atomic E-state index is -0.0636. The number of aryl methyl sites for hydroxylation is 3. The van der Waals surface area contributed by atoms with Crippen LogP contribution in [0, 0.1) is 5.92 Å². The van der Waals surface area contributed by atoms with Gasteiger partial charge in [0.05, 0.1) is 6.04 Å². The van der Waals surface area contributed by atoms with Gasteiger partial charge in [-0.3, -0.25) is 14.7 Å². The van der Waals surface area contributed by atoms with E-state index in [9.17, 15) is 4.79 Å². The molecule has 1 saturated heterocycles. The first kappa shape index (κ1) is 21.2. The van der Waals surface area contributed by atoms with E-state index < -0.39 is 0 Å². The lowest BCUT2D eigenvalue weighted by molar-refractivity contribution is -0.122. The van der Waals surface area contributed by atoms with E-state index in [2.05, 4.69) is 29.2 Å². The second-order valence-electron chi connectivity index (χ2n) is 9.29. The number of Topliss-reactive ketones (excluding diaryl/α,β-unsaturated/α-hetero) is 1. The number of hydrogen-bond acceptors (Lipinski definition) is 3. The van der Waals surface area contributed by atoms with Gasteiger partial charge in [-0.25, -0.2) is 0 Å². The molecule has 1 aliphatic carbocycles. The van der Waals surface area contributed by atoms with Crippen molar-refractivity contribution in [2.24, 2.45) is 5.92 Å². The molecule has 1 aliphatic heterocycles. The zero-order chi connectivity index (χ0) is 20.8. The Labute approximate surface area is 181 Å². The van der Waals surface area contributed by atoms with Crippen molar-refractivity contribution in [2.75, 3.05) is 13.1 Å². The highest BCUT2D eigenvalue weighted by Crippen LogP contribution is 2.31. The molecule has 3 nitrogen and oxygen atoms in total. The van der Waals surface area contributed by atoms with Gasteiger partial charge in [0.25, 0.3) is 0 Å². The third-order valence-electron chi connectivity index (χ3n) is 6.96. The minimum absolute atomic E-state index is 0.0636. The van der Waals surface area contributed by atoms with Crippen LogP contribution in [0.3, 0.4) is 0 Å². The number of fused-ring (bicyclic) bond motifs is 1. The van der Waals surface area contributed by atoms with E-state index in [0.717, 1.165) is 31.0 Å². The van der Waals surface area contributed by atoms with Crippen molar-refractivity contribution >= 4 is 5.78 Å². The molecule has 0 amide bonds. The van der Waals surface area contributed by atoms with Crippen LogP contribution < -0.4 is 0 Å². The molecule has 2 heterocycles. The van der Waals surface area contributed by atoms with Crippen LogP contribution in [0.2, 0.25) is 0 Å². The molecule has 3 heteroatoms. The maximum absolute atomic E-state index is 12.3. The van der Waals surface area contributed by atoms with E-state index in [1.807, 2.05) is 18.2 Å². The van der Waals surface area contributed by atoms with Crippen LogP contribution in [-0.4, -0.2) is 28.8 Å². The molecule has 1 fully saturated rings. The zero-order valence-electron chi connectivity index (χ0n) is 18.5. The van der Waals surface area contributed by atoms with Gasteiger partial charge < -0.3 is 0 Å². The van der Waals surface area contributed by atoms with Crippen molar-refractivity contribution in [3.05, 3.63) is 65.0 Å². The van der Waals surface area contributed by atoms with Gasteiger partial charge in [0, 0.05) is 17.9 Å². The number of nitrogens with zero attached hydrogens (tertiary/aromatic N) is 2. The molecule has 2 aromatic rings. The van der Waals surface area contributed by atoms with Crippen LogP contribution >= 0.6 is 0 Å². The van der Waals surface area contributed by atoms with Crippen molar-refractivity contribution in [3.63, 3.8) is 0 Å². The summed E-state index contributed by atoms with van der Waals surface area (Å²) in [5.41, 5.74) is 5.27. The lowest BCUT2D eigenvalue weighted by Crippen LogP contribution is -2.31. The molecule has 2 atom stereocenters. The fourth-order valence-electron chi connectivity index (χ4n) is 5.35. The smallest absolute Gasteiger partial charge is 0.151 e. The van der Waals surface area contributed by atoms with Crippen LogP contribution in [0.1, 0.15) is 80.4 Å².